The summed E-state index contributed by atoms with van der Waals surface area (Å²) in [6.07, 6.45) is 2.62. The summed E-state index contributed by atoms with van der Waals surface area (Å²) in [6.45, 7) is 0.606. The minimum absolute atomic E-state index is 0.00792. The standard InChI is InChI=1S/C11H20N2O3S2/c1-17-4-2-9(12)11(16)13-3-5-18-7-8(13)6-10(14)15/h8-9H,2-7,12H2,1H3,(H,14,15)/t8?,9-/m1/s1. The lowest BCUT2D eigenvalue weighted by atomic mass is 10.1. The number of carbonyl (C=O) groups excluding carboxylic acids is 1. The van der Waals surface area contributed by atoms with Crippen molar-refractivity contribution in [2.24, 2.45) is 5.73 Å². The molecule has 1 saturated heterocycles. The molecule has 0 aliphatic carbocycles. The molecule has 1 heterocycles. The van der Waals surface area contributed by atoms with Crippen LogP contribution < -0.4 is 5.73 Å². The summed E-state index contributed by atoms with van der Waals surface area (Å²) < 4.78 is 0. The molecule has 104 valence electrons. The summed E-state index contributed by atoms with van der Waals surface area (Å²) in [5.74, 6) is 1.43. The smallest absolute Gasteiger partial charge is 0.305 e. The topological polar surface area (TPSA) is 83.6 Å². The van der Waals surface area contributed by atoms with E-state index in [9.17, 15) is 9.59 Å². The number of carboxylic acid groups (broad SMARTS) is 1. The van der Waals surface area contributed by atoms with E-state index in [1.165, 1.54) is 0 Å². The van der Waals surface area contributed by atoms with E-state index in [0.29, 0.717) is 18.7 Å². The molecule has 0 radical (unpaired) electrons. The molecule has 1 aliphatic rings. The summed E-state index contributed by atoms with van der Waals surface area (Å²) in [5, 5.41) is 8.86. The largest absolute Gasteiger partial charge is 0.481 e. The molecule has 0 spiro atoms. The van der Waals surface area contributed by atoms with Crippen molar-refractivity contribution >= 4 is 35.4 Å². The van der Waals surface area contributed by atoms with E-state index in [1.807, 2.05) is 6.26 Å². The van der Waals surface area contributed by atoms with E-state index in [1.54, 1.807) is 28.4 Å². The third-order valence-corrected chi connectivity index (χ3v) is 4.61. The molecular formula is C11H20N2O3S2. The molecule has 0 bridgehead atoms. The lowest BCUT2D eigenvalue weighted by Crippen LogP contribution is -2.53. The fourth-order valence-electron chi connectivity index (χ4n) is 1.90. The first-order valence-corrected chi connectivity index (χ1v) is 8.45. The van der Waals surface area contributed by atoms with Gasteiger partial charge in [0.1, 0.15) is 0 Å². The zero-order valence-corrected chi connectivity index (χ0v) is 12.1. The molecular weight excluding hydrogens is 272 g/mol. The van der Waals surface area contributed by atoms with Crippen LogP contribution >= 0.6 is 23.5 Å². The Morgan fingerprint density at radius 3 is 2.94 bits per heavy atom. The lowest BCUT2D eigenvalue weighted by molar-refractivity contribution is -0.140. The van der Waals surface area contributed by atoms with Crippen molar-refractivity contribution in [3.05, 3.63) is 0 Å². The highest BCUT2D eigenvalue weighted by Gasteiger charge is 2.31. The summed E-state index contributed by atoms with van der Waals surface area (Å²) >= 11 is 3.35. The molecule has 1 amide bonds. The van der Waals surface area contributed by atoms with Gasteiger partial charge in [0.2, 0.25) is 5.91 Å². The van der Waals surface area contributed by atoms with Crippen LogP contribution in [0.2, 0.25) is 0 Å². The summed E-state index contributed by atoms with van der Waals surface area (Å²) in [5.41, 5.74) is 5.87. The molecule has 1 fully saturated rings. The third-order valence-electron chi connectivity index (χ3n) is 2.87. The van der Waals surface area contributed by atoms with Crippen molar-refractivity contribution in [1.82, 2.24) is 4.90 Å². The normalized spacial score (nSPS) is 21.7. The average Bonchev–Trinajstić information content (AvgIpc) is 2.35. The predicted molar refractivity (Wildman–Crippen MR) is 76.1 cm³/mol. The highest BCUT2D eigenvalue weighted by Crippen LogP contribution is 2.20. The Hall–Kier alpha value is -0.400. The summed E-state index contributed by atoms with van der Waals surface area (Å²) in [7, 11) is 0. The van der Waals surface area contributed by atoms with Crippen LogP contribution in [0.3, 0.4) is 0 Å². The Kier molecular flexibility index (Phi) is 6.88. The number of hydrogen-bond acceptors (Lipinski definition) is 5. The molecule has 1 rings (SSSR count). The third kappa shape index (κ3) is 4.70. The highest BCUT2D eigenvalue weighted by molar-refractivity contribution is 7.99. The van der Waals surface area contributed by atoms with Gasteiger partial charge < -0.3 is 15.7 Å². The van der Waals surface area contributed by atoms with Crippen molar-refractivity contribution < 1.29 is 14.7 Å². The highest BCUT2D eigenvalue weighted by atomic mass is 32.2. The first-order valence-electron chi connectivity index (χ1n) is 5.90. The zero-order chi connectivity index (χ0) is 13.5. The molecule has 0 saturated carbocycles. The van der Waals surface area contributed by atoms with Crippen LogP contribution in [0.15, 0.2) is 0 Å². The second-order valence-corrected chi connectivity index (χ2v) is 6.38. The molecule has 1 aliphatic heterocycles. The van der Waals surface area contributed by atoms with E-state index < -0.39 is 12.0 Å². The second kappa shape index (κ2) is 7.91. The predicted octanol–water partition coefficient (Wildman–Crippen LogP) is 0.486. The van der Waals surface area contributed by atoms with Crippen LogP contribution in [0.25, 0.3) is 0 Å². The maximum atomic E-state index is 12.2. The molecule has 5 nitrogen and oxygen atoms in total. The molecule has 18 heavy (non-hydrogen) atoms. The van der Waals surface area contributed by atoms with Gasteiger partial charge in [-0.2, -0.15) is 23.5 Å². The van der Waals surface area contributed by atoms with Gasteiger partial charge in [0.15, 0.2) is 0 Å². The van der Waals surface area contributed by atoms with Crippen molar-refractivity contribution in [1.29, 1.82) is 0 Å². The van der Waals surface area contributed by atoms with Crippen LogP contribution in [-0.4, -0.2) is 64.0 Å². The molecule has 0 aromatic rings. The Morgan fingerprint density at radius 2 is 2.33 bits per heavy atom. The fraction of sp³-hybridized carbons (Fsp3) is 0.818. The number of nitrogens with zero attached hydrogens (tertiary/aromatic N) is 1. The number of rotatable bonds is 6. The van der Waals surface area contributed by atoms with Crippen LogP contribution in [0.4, 0.5) is 0 Å². The van der Waals surface area contributed by atoms with Gasteiger partial charge in [-0.3, -0.25) is 9.59 Å². The van der Waals surface area contributed by atoms with E-state index in [-0.39, 0.29) is 18.4 Å². The number of carbonyl (C=O) groups is 2. The maximum absolute atomic E-state index is 12.2. The van der Waals surface area contributed by atoms with E-state index in [0.717, 1.165) is 11.5 Å². The van der Waals surface area contributed by atoms with Gasteiger partial charge >= 0.3 is 5.97 Å². The Morgan fingerprint density at radius 1 is 1.61 bits per heavy atom. The number of nitrogens with two attached hydrogens (primary N) is 1. The van der Waals surface area contributed by atoms with Crippen LogP contribution in [-0.2, 0) is 9.59 Å². The van der Waals surface area contributed by atoms with E-state index >= 15 is 0 Å². The Labute approximate surface area is 116 Å². The van der Waals surface area contributed by atoms with Gasteiger partial charge in [-0.25, -0.2) is 0 Å². The maximum Gasteiger partial charge on any atom is 0.305 e. The SMILES string of the molecule is CSCC[C@@H](N)C(=O)N1CCSCC1CC(=O)O. The molecule has 2 atom stereocenters. The van der Waals surface area contributed by atoms with Gasteiger partial charge in [0.05, 0.1) is 18.5 Å². The fourth-order valence-corrected chi connectivity index (χ4v) is 3.45. The molecule has 1 unspecified atom stereocenters. The van der Waals surface area contributed by atoms with Crippen molar-refractivity contribution in [2.75, 3.05) is 30.1 Å². The summed E-state index contributed by atoms with van der Waals surface area (Å²) in [6, 6.07) is -0.717. The van der Waals surface area contributed by atoms with Crippen molar-refractivity contribution in [2.45, 2.75) is 24.9 Å². The van der Waals surface area contributed by atoms with E-state index in [2.05, 4.69) is 0 Å². The quantitative estimate of drug-likeness (QED) is 0.741. The van der Waals surface area contributed by atoms with Gasteiger partial charge in [-0.15, -0.1) is 0 Å². The lowest BCUT2D eigenvalue weighted by Gasteiger charge is -2.36. The van der Waals surface area contributed by atoms with Gasteiger partial charge in [-0.1, -0.05) is 0 Å². The molecule has 7 heteroatoms. The van der Waals surface area contributed by atoms with Gasteiger partial charge in [-0.05, 0) is 18.4 Å². The average molecular weight is 292 g/mol. The van der Waals surface area contributed by atoms with Crippen LogP contribution in [0.5, 0.6) is 0 Å². The van der Waals surface area contributed by atoms with Crippen molar-refractivity contribution in [3.8, 4) is 0 Å². The van der Waals surface area contributed by atoms with Crippen molar-refractivity contribution in [3.63, 3.8) is 0 Å². The molecule has 0 aromatic carbocycles. The first-order chi connectivity index (χ1) is 8.56. The van der Waals surface area contributed by atoms with Crippen LogP contribution in [0, 0.1) is 0 Å². The molecule has 0 aromatic heterocycles. The van der Waals surface area contributed by atoms with Crippen LogP contribution in [0.1, 0.15) is 12.8 Å². The van der Waals surface area contributed by atoms with Gasteiger partial charge in [0.25, 0.3) is 0 Å². The number of aliphatic carboxylic acids is 1. The summed E-state index contributed by atoms with van der Waals surface area (Å²) in [4.78, 5) is 24.6. The minimum Gasteiger partial charge on any atom is -0.481 e. The first kappa shape index (κ1) is 15.7. The zero-order valence-electron chi connectivity index (χ0n) is 10.5. The number of thioether (sulfide) groups is 2. The number of hydrogen-bond donors (Lipinski definition) is 2. The number of amides is 1. The molecule has 3 N–H and O–H groups in total. The minimum atomic E-state index is -0.863. The second-order valence-electron chi connectivity index (χ2n) is 4.25. The Balaban J connectivity index is 2.58. The Bertz CT molecular complexity index is 302. The number of carboxylic acids is 1. The van der Waals surface area contributed by atoms with Gasteiger partial charge in [0, 0.05) is 18.1 Å². The van der Waals surface area contributed by atoms with E-state index in [4.69, 9.17) is 10.8 Å². The monoisotopic (exact) mass is 292 g/mol.